The number of carbonyl (C=O) groups excluding carboxylic acids is 1. The molecule has 0 unspecified atom stereocenters. The third-order valence-electron chi connectivity index (χ3n) is 4.68. The molecule has 1 N–H and O–H groups in total. The predicted molar refractivity (Wildman–Crippen MR) is 110 cm³/mol. The van der Waals surface area contributed by atoms with Gasteiger partial charge in [0.2, 0.25) is 0 Å². The number of pyridine rings is 1. The Morgan fingerprint density at radius 3 is 2.41 bits per heavy atom. The van der Waals surface area contributed by atoms with E-state index in [4.69, 9.17) is 4.98 Å². The van der Waals surface area contributed by atoms with Crippen LogP contribution in [0.2, 0.25) is 0 Å². The number of amides is 1. The van der Waals surface area contributed by atoms with Gasteiger partial charge in [-0.1, -0.05) is 72.8 Å². The van der Waals surface area contributed by atoms with Crippen LogP contribution in [0.1, 0.15) is 21.5 Å². The topological polar surface area (TPSA) is 42.0 Å². The first-order valence-corrected chi connectivity index (χ1v) is 9.00. The Balaban J connectivity index is 1.74. The minimum absolute atomic E-state index is 0.0905. The Bertz CT molecular complexity index is 1100. The molecule has 4 aromatic rings. The number of aromatic nitrogens is 1. The fourth-order valence-corrected chi connectivity index (χ4v) is 3.23. The third kappa shape index (κ3) is 3.58. The lowest BCUT2D eigenvalue weighted by molar-refractivity contribution is 0.0952. The van der Waals surface area contributed by atoms with Crippen LogP contribution in [0.4, 0.5) is 0 Å². The zero-order valence-corrected chi connectivity index (χ0v) is 15.1. The molecule has 0 saturated heterocycles. The van der Waals surface area contributed by atoms with Crippen LogP contribution < -0.4 is 5.32 Å². The van der Waals surface area contributed by atoms with Crippen molar-refractivity contribution in [3.8, 4) is 11.3 Å². The van der Waals surface area contributed by atoms with Gasteiger partial charge in [0.25, 0.3) is 5.91 Å². The summed E-state index contributed by atoms with van der Waals surface area (Å²) in [7, 11) is 0. The predicted octanol–water partition coefficient (Wildman–Crippen LogP) is 5.14. The molecule has 0 spiro atoms. The molecule has 132 valence electrons. The summed E-state index contributed by atoms with van der Waals surface area (Å²) in [6.45, 7) is 2.55. The molecule has 1 amide bonds. The quantitative estimate of drug-likeness (QED) is 0.552. The number of fused-ring (bicyclic) bond motifs is 1. The van der Waals surface area contributed by atoms with Crippen LogP contribution in [-0.4, -0.2) is 10.9 Å². The molecule has 0 fully saturated rings. The molecular weight excluding hydrogens is 332 g/mol. The Morgan fingerprint density at radius 2 is 1.59 bits per heavy atom. The number of hydrogen-bond donors (Lipinski definition) is 1. The summed E-state index contributed by atoms with van der Waals surface area (Å²) < 4.78 is 0. The summed E-state index contributed by atoms with van der Waals surface area (Å²) in [5.74, 6) is -0.0905. The van der Waals surface area contributed by atoms with Crippen LogP contribution >= 0.6 is 0 Å². The minimum atomic E-state index is -0.0905. The fraction of sp³-hybridized carbons (Fsp3) is 0.0833. The normalized spacial score (nSPS) is 10.7. The van der Waals surface area contributed by atoms with E-state index in [2.05, 4.69) is 18.3 Å². The van der Waals surface area contributed by atoms with Crippen molar-refractivity contribution in [1.29, 1.82) is 0 Å². The molecule has 0 aliphatic carbocycles. The Morgan fingerprint density at radius 1 is 0.889 bits per heavy atom. The average molecular weight is 352 g/mol. The van der Waals surface area contributed by atoms with Crippen molar-refractivity contribution in [2.75, 3.05) is 0 Å². The maximum Gasteiger partial charge on any atom is 0.252 e. The van der Waals surface area contributed by atoms with Crippen molar-refractivity contribution in [2.45, 2.75) is 13.5 Å². The molecule has 0 radical (unpaired) electrons. The summed E-state index contributed by atoms with van der Waals surface area (Å²) in [5.41, 5.74) is 5.54. The molecule has 0 aliphatic rings. The smallest absolute Gasteiger partial charge is 0.252 e. The van der Waals surface area contributed by atoms with Gasteiger partial charge in [0, 0.05) is 17.5 Å². The molecule has 0 aliphatic heterocycles. The second kappa shape index (κ2) is 7.42. The van der Waals surface area contributed by atoms with E-state index in [0.717, 1.165) is 33.3 Å². The van der Waals surface area contributed by atoms with E-state index in [-0.39, 0.29) is 5.91 Å². The lowest BCUT2D eigenvalue weighted by atomic mass is 10.0. The van der Waals surface area contributed by atoms with Gasteiger partial charge in [-0.3, -0.25) is 4.79 Å². The van der Waals surface area contributed by atoms with Crippen molar-refractivity contribution >= 4 is 16.8 Å². The molecule has 3 nitrogen and oxygen atoms in total. The highest BCUT2D eigenvalue weighted by molar-refractivity contribution is 6.07. The molecule has 3 heteroatoms. The zero-order chi connectivity index (χ0) is 18.6. The van der Waals surface area contributed by atoms with E-state index >= 15 is 0 Å². The van der Waals surface area contributed by atoms with Gasteiger partial charge in [-0.2, -0.15) is 0 Å². The van der Waals surface area contributed by atoms with Crippen molar-refractivity contribution in [3.05, 3.63) is 102 Å². The average Bonchev–Trinajstić information content (AvgIpc) is 2.72. The first-order chi connectivity index (χ1) is 13.2. The number of rotatable bonds is 4. The second-order valence-electron chi connectivity index (χ2n) is 6.56. The van der Waals surface area contributed by atoms with Gasteiger partial charge in [0.1, 0.15) is 0 Å². The van der Waals surface area contributed by atoms with Crippen LogP contribution in [0.15, 0.2) is 84.9 Å². The SMILES string of the molecule is Cc1ccccc1-c1cc(C(=O)NCc2ccccc2)c2ccccc2n1. The largest absolute Gasteiger partial charge is 0.348 e. The van der Waals surface area contributed by atoms with Crippen molar-refractivity contribution in [1.82, 2.24) is 10.3 Å². The molecule has 0 saturated carbocycles. The number of hydrogen-bond acceptors (Lipinski definition) is 2. The van der Waals surface area contributed by atoms with E-state index in [1.54, 1.807) is 0 Å². The second-order valence-corrected chi connectivity index (χ2v) is 6.56. The van der Waals surface area contributed by atoms with E-state index in [0.29, 0.717) is 12.1 Å². The maximum absolute atomic E-state index is 13.0. The van der Waals surface area contributed by atoms with Gasteiger partial charge >= 0.3 is 0 Å². The number of benzene rings is 3. The summed E-state index contributed by atoms with van der Waals surface area (Å²) in [5, 5.41) is 3.90. The minimum Gasteiger partial charge on any atom is -0.348 e. The lowest BCUT2D eigenvalue weighted by Crippen LogP contribution is -2.23. The number of carbonyl (C=O) groups is 1. The maximum atomic E-state index is 13.0. The van der Waals surface area contributed by atoms with Gasteiger partial charge in [-0.15, -0.1) is 0 Å². The van der Waals surface area contributed by atoms with E-state index in [9.17, 15) is 4.79 Å². The molecule has 4 rings (SSSR count). The van der Waals surface area contributed by atoms with Gasteiger partial charge in [-0.25, -0.2) is 4.98 Å². The van der Waals surface area contributed by atoms with Crippen LogP contribution in [0.3, 0.4) is 0 Å². The highest BCUT2D eigenvalue weighted by atomic mass is 16.1. The third-order valence-corrected chi connectivity index (χ3v) is 4.68. The van der Waals surface area contributed by atoms with Crippen LogP contribution in [0, 0.1) is 6.92 Å². The highest BCUT2D eigenvalue weighted by Gasteiger charge is 2.14. The molecule has 0 atom stereocenters. The molecule has 1 aromatic heterocycles. The highest BCUT2D eigenvalue weighted by Crippen LogP contribution is 2.27. The van der Waals surface area contributed by atoms with Crippen LogP contribution in [0.5, 0.6) is 0 Å². The monoisotopic (exact) mass is 352 g/mol. The Kier molecular flexibility index (Phi) is 4.67. The number of para-hydroxylation sites is 1. The molecular formula is C24H20N2O. The molecule has 3 aromatic carbocycles. The Hall–Kier alpha value is -3.46. The zero-order valence-electron chi connectivity index (χ0n) is 15.1. The summed E-state index contributed by atoms with van der Waals surface area (Å²) >= 11 is 0. The van der Waals surface area contributed by atoms with E-state index < -0.39 is 0 Å². The summed E-state index contributed by atoms with van der Waals surface area (Å²) in [6.07, 6.45) is 0. The van der Waals surface area contributed by atoms with E-state index in [1.807, 2.05) is 78.9 Å². The molecule has 1 heterocycles. The van der Waals surface area contributed by atoms with Crippen LogP contribution in [-0.2, 0) is 6.54 Å². The first kappa shape index (κ1) is 17.0. The summed E-state index contributed by atoms with van der Waals surface area (Å²) in [4.78, 5) is 17.7. The van der Waals surface area contributed by atoms with Gasteiger partial charge in [0.05, 0.1) is 16.8 Å². The van der Waals surface area contributed by atoms with Gasteiger partial charge in [0.15, 0.2) is 0 Å². The Labute approximate surface area is 158 Å². The van der Waals surface area contributed by atoms with Gasteiger partial charge < -0.3 is 5.32 Å². The molecule has 27 heavy (non-hydrogen) atoms. The van der Waals surface area contributed by atoms with Crippen molar-refractivity contribution in [3.63, 3.8) is 0 Å². The first-order valence-electron chi connectivity index (χ1n) is 9.00. The lowest BCUT2D eigenvalue weighted by Gasteiger charge is -2.12. The van der Waals surface area contributed by atoms with E-state index in [1.165, 1.54) is 0 Å². The van der Waals surface area contributed by atoms with Gasteiger partial charge in [-0.05, 0) is 30.2 Å². The van der Waals surface area contributed by atoms with Crippen molar-refractivity contribution in [2.24, 2.45) is 0 Å². The number of nitrogens with one attached hydrogen (secondary N) is 1. The fourth-order valence-electron chi connectivity index (χ4n) is 3.23. The number of aryl methyl sites for hydroxylation is 1. The summed E-state index contributed by atoms with van der Waals surface area (Å²) in [6, 6.07) is 27.7. The van der Waals surface area contributed by atoms with Crippen LogP contribution in [0.25, 0.3) is 22.2 Å². The van der Waals surface area contributed by atoms with Crippen molar-refractivity contribution < 1.29 is 4.79 Å². The standard InChI is InChI=1S/C24H20N2O/c1-17-9-5-6-12-19(17)23-15-21(20-13-7-8-14-22(20)26-23)24(27)25-16-18-10-3-2-4-11-18/h2-15H,16H2,1H3,(H,25,27). The molecule has 0 bridgehead atoms. The number of nitrogens with zero attached hydrogens (tertiary/aromatic N) is 1.